The van der Waals surface area contributed by atoms with Gasteiger partial charge in [0.15, 0.2) is 0 Å². The maximum atomic E-state index is 2.64. The summed E-state index contributed by atoms with van der Waals surface area (Å²) < 4.78 is 9.27. The van der Waals surface area contributed by atoms with Gasteiger partial charge in [0.1, 0.15) is 0 Å². The van der Waals surface area contributed by atoms with E-state index in [2.05, 4.69) is 75.9 Å². The molecule has 0 bridgehead atoms. The Kier molecular flexibility index (Phi) is 5.26. The van der Waals surface area contributed by atoms with Crippen LogP contribution >= 0.6 is 22.7 Å². The van der Waals surface area contributed by atoms with Crippen LogP contribution in [0.3, 0.4) is 0 Å². The first-order valence-corrected chi connectivity index (χ1v) is 30.3. The zero-order valence-electron chi connectivity index (χ0n) is 15.5. The van der Waals surface area contributed by atoms with Crippen molar-refractivity contribution in [3.63, 3.8) is 0 Å². The van der Waals surface area contributed by atoms with Crippen molar-refractivity contribution in [2.24, 2.45) is 0 Å². The zero-order chi connectivity index (χ0) is 17.0. The molecule has 0 aromatic carbocycles. The van der Waals surface area contributed by atoms with E-state index in [1.165, 1.54) is 30.4 Å². The van der Waals surface area contributed by atoms with E-state index < -0.39 is 36.8 Å². The van der Waals surface area contributed by atoms with Crippen LogP contribution in [0.5, 0.6) is 0 Å². The molecule has 0 saturated heterocycles. The van der Waals surface area contributed by atoms with E-state index in [1.54, 1.807) is 15.2 Å². The Morgan fingerprint density at radius 3 is 1.61 bits per heavy atom. The molecule has 0 amide bonds. The molecule has 126 valence electrons. The zero-order valence-corrected chi connectivity index (χ0v) is 22.9. The molecular weight excluding hydrogens is 532 g/mol. The first-order chi connectivity index (χ1) is 10.6. The molecule has 0 radical (unpaired) electrons. The molecule has 3 aromatic rings. The van der Waals surface area contributed by atoms with Gasteiger partial charge in [-0.2, -0.15) is 0 Å². The van der Waals surface area contributed by atoms with Crippen molar-refractivity contribution in [2.45, 2.75) is 55.9 Å². The van der Waals surface area contributed by atoms with Crippen molar-refractivity contribution < 1.29 is 0 Å². The third-order valence-electron chi connectivity index (χ3n) is 4.43. The summed E-state index contributed by atoms with van der Waals surface area (Å²) in [5.41, 5.74) is 3.06. The summed E-state index contributed by atoms with van der Waals surface area (Å²) in [4.78, 5) is 15.2. The first kappa shape index (κ1) is 18.6. The SMILES string of the molecule is CCCCn1c2c[c]([Sn]([CH3])([CH3])[CH3])sc2c2s[c]([Sn]([CH3])([CH3])[CH3])cc21. The van der Waals surface area contributed by atoms with Crippen LogP contribution < -0.4 is 5.79 Å². The van der Waals surface area contributed by atoms with Crippen LogP contribution in [0.2, 0.25) is 29.6 Å². The van der Waals surface area contributed by atoms with Gasteiger partial charge in [-0.25, -0.2) is 0 Å². The van der Waals surface area contributed by atoms with Gasteiger partial charge >= 0.3 is 158 Å². The number of hydrogen-bond acceptors (Lipinski definition) is 2. The van der Waals surface area contributed by atoms with Gasteiger partial charge in [-0.1, -0.05) is 0 Å². The van der Waals surface area contributed by atoms with Gasteiger partial charge in [0.2, 0.25) is 0 Å². The Labute approximate surface area is 156 Å². The molecule has 0 spiro atoms. The second-order valence-electron chi connectivity index (χ2n) is 8.66. The molecule has 0 aliphatic carbocycles. The summed E-state index contributed by atoms with van der Waals surface area (Å²) in [6.45, 7) is 3.48. The van der Waals surface area contributed by atoms with Crippen LogP contribution in [0.4, 0.5) is 0 Å². The van der Waals surface area contributed by atoms with Crippen molar-refractivity contribution >= 4 is 85.6 Å². The van der Waals surface area contributed by atoms with E-state index in [0.29, 0.717) is 0 Å². The fourth-order valence-electron chi connectivity index (χ4n) is 2.92. The monoisotopic (exact) mass is 563 g/mol. The normalized spacial score (nSPS) is 13.5. The maximum absolute atomic E-state index is 2.64. The van der Waals surface area contributed by atoms with Crippen LogP contribution in [0.15, 0.2) is 12.1 Å². The van der Waals surface area contributed by atoms with Gasteiger partial charge in [-0.3, -0.25) is 0 Å². The van der Waals surface area contributed by atoms with Gasteiger partial charge < -0.3 is 0 Å². The van der Waals surface area contributed by atoms with Crippen LogP contribution in [-0.4, -0.2) is 41.3 Å². The van der Waals surface area contributed by atoms with E-state index in [1.807, 2.05) is 0 Å². The van der Waals surface area contributed by atoms with Crippen LogP contribution in [-0.2, 0) is 6.54 Å². The van der Waals surface area contributed by atoms with Gasteiger partial charge in [0, 0.05) is 0 Å². The average molecular weight is 561 g/mol. The molecule has 0 N–H and O–H groups in total. The summed E-state index contributed by atoms with van der Waals surface area (Å²) in [5, 5.41) is 0. The number of aryl methyl sites for hydroxylation is 1. The summed E-state index contributed by atoms with van der Waals surface area (Å²) in [6, 6.07) is 5.11. The Bertz CT molecular complexity index is 774. The molecule has 3 rings (SSSR count). The molecular formula is C18H29NS2Sn2. The Balaban J connectivity index is 2.26. The minimum absolute atomic E-state index is 1.18. The number of thiophene rings is 2. The van der Waals surface area contributed by atoms with Crippen molar-refractivity contribution in [1.29, 1.82) is 0 Å². The van der Waals surface area contributed by atoms with Crippen molar-refractivity contribution in [1.82, 2.24) is 4.57 Å². The minimum atomic E-state index is -1.98. The number of hydrogen-bond donors (Lipinski definition) is 0. The van der Waals surface area contributed by atoms with Gasteiger partial charge in [-0.15, -0.1) is 0 Å². The fraction of sp³-hybridized carbons (Fsp3) is 0.556. The van der Waals surface area contributed by atoms with Crippen LogP contribution in [0.1, 0.15) is 19.8 Å². The predicted octanol–water partition coefficient (Wildman–Crippen LogP) is 5.81. The molecule has 3 aromatic heterocycles. The third kappa shape index (κ3) is 3.54. The number of unbranched alkanes of at least 4 members (excludes halogenated alkanes) is 1. The number of nitrogens with zero attached hydrogens (tertiary/aromatic N) is 1. The summed E-state index contributed by atoms with van der Waals surface area (Å²) in [7, 11) is 0. The predicted molar refractivity (Wildman–Crippen MR) is 116 cm³/mol. The quantitative estimate of drug-likeness (QED) is 0.347. The average Bonchev–Trinajstić information content (AvgIpc) is 3.05. The molecule has 0 fully saturated rings. The second kappa shape index (κ2) is 6.51. The van der Waals surface area contributed by atoms with Crippen molar-refractivity contribution in [2.75, 3.05) is 0 Å². The molecule has 1 nitrogen and oxygen atoms in total. The van der Waals surface area contributed by atoms with Crippen molar-refractivity contribution in [3.05, 3.63) is 12.1 Å². The molecule has 0 saturated carbocycles. The molecule has 0 aliphatic rings. The summed E-state index contributed by atoms with van der Waals surface area (Å²) in [6.07, 6.45) is 2.55. The molecule has 0 unspecified atom stereocenters. The van der Waals surface area contributed by atoms with Gasteiger partial charge in [-0.05, 0) is 0 Å². The third-order valence-corrected chi connectivity index (χ3v) is 25.7. The van der Waals surface area contributed by atoms with E-state index in [4.69, 9.17) is 0 Å². The molecule has 3 heterocycles. The Morgan fingerprint density at radius 1 is 0.826 bits per heavy atom. The number of fused-ring (bicyclic) bond motifs is 3. The second-order valence-corrected chi connectivity index (χ2v) is 41.6. The molecule has 0 atom stereocenters. The van der Waals surface area contributed by atoms with Gasteiger partial charge in [0.05, 0.1) is 0 Å². The molecule has 23 heavy (non-hydrogen) atoms. The van der Waals surface area contributed by atoms with E-state index >= 15 is 0 Å². The number of rotatable bonds is 5. The molecule has 5 heteroatoms. The summed E-state index contributed by atoms with van der Waals surface area (Å²) >= 11 is 0.270. The Morgan fingerprint density at radius 2 is 1.26 bits per heavy atom. The molecule has 0 aliphatic heterocycles. The van der Waals surface area contributed by atoms with E-state index in [-0.39, 0.29) is 0 Å². The number of aromatic nitrogens is 1. The fourth-order valence-corrected chi connectivity index (χ4v) is 15.7. The van der Waals surface area contributed by atoms with Crippen LogP contribution in [0, 0.1) is 0 Å². The standard InChI is InChI=1S/C12H11NS2.6CH3.2Sn/c1-2-3-6-13-9-4-7-14-11(9)12-10(13)5-8-15-12;;;;;;;;/h4-5H,2-3,6H2,1H3;6*1H3;;. The van der Waals surface area contributed by atoms with Gasteiger partial charge in [0.25, 0.3) is 0 Å². The topological polar surface area (TPSA) is 4.93 Å². The van der Waals surface area contributed by atoms with E-state index in [0.717, 1.165) is 0 Å². The summed E-state index contributed by atoms with van der Waals surface area (Å²) in [5.74, 6) is 0. The van der Waals surface area contributed by atoms with Crippen molar-refractivity contribution in [3.8, 4) is 0 Å². The first-order valence-electron chi connectivity index (χ1n) is 8.69. The Hall–Kier alpha value is 0.797. The van der Waals surface area contributed by atoms with E-state index in [9.17, 15) is 0 Å². The van der Waals surface area contributed by atoms with Crippen LogP contribution in [0.25, 0.3) is 20.4 Å².